The Hall–Kier alpha value is -2.94. The van der Waals surface area contributed by atoms with E-state index in [0.717, 1.165) is 33.4 Å². The molecular formula is C31H42ClN3O4S. The molecule has 0 radical (unpaired) electrons. The van der Waals surface area contributed by atoms with Crippen molar-refractivity contribution in [3.05, 3.63) is 69.6 Å². The molecule has 1 fully saturated rings. The Labute approximate surface area is 248 Å². The molecule has 4 rings (SSSR count). The predicted octanol–water partition coefficient (Wildman–Crippen LogP) is 6.65. The first kappa shape index (κ1) is 33.3. The minimum atomic E-state index is -0.624. The van der Waals surface area contributed by atoms with Crippen LogP contribution in [0.1, 0.15) is 43.7 Å². The lowest BCUT2D eigenvalue weighted by atomic mass is 10.0. The summed E-state index contributed by atoms with van der Waals surface area (Å²) in [6, 6.07) is 15.5. The predicted molar refractivity (Wildman–Crippen MR) is 165 cm³/mol. The summed E-state index contributed by atoms with van der Waals surface area (Å²) in [6.07, 6.45) is 1.62. The van der Waals surface area contributed by atoms with Crippen LogP contribution in [-0.4, -0.2) is 62.2 Å². The standard InChI is InChI=1S/C21H26ClN3O3S.C8H10O.C2H6/c1-13(2)9-18-19(15-6-5-14(3)16(22)10-15)23-21(29-18)24-7-8-25(12-26)17(11-24)20(27)28-4;1-9-7-8-5-3-2-4-6-8;1-2/h5-6,10,12-13,17H,7-9,11H2,1-4H3;2-6H,7H2,1H3;1-2H3. The molecule has 1 unspecified atom stereocenters. The maximum absolute atomic E-state index is 12.1. The van der Waals surface area contributed by atoms with Gasteiger partial charge in [0.05, 0.1) is 26.0 Å². The van der Waals surface area contributed by atoms with Crippen molar-refractivity contribution in [2.24, 2.45) is 5.92 Å². The Kier molecular flexibility index (Phi) is 14.1. The van der Waals surface area contributed by atoms with Crippen LogP contribution in [0.25, 0.3) is 11.3 Å². The summed E-state index contributed by atoms with van der Waals surface area (Å²) < 4.78 is 9.81. The van der Waals surface area contributed by atoms with Crippen LogP contribution >= 0.6 is 22.9 Å². The van der Waals surface area contributed by atoms with Gasteiger partial charge in [-0.1, -0.05) is 81.8 Å². The molecule has 0 N–H and O–H groups in total. The molecule has 0 bridgehead atoms. The number of carbonyl (C=O) groups is 2. The minimum Gasteiger partial charge on any atom is -0.467 e. The molecule has 1 aromatic heterocycles. The molecular weight excluding hydrogens is 546 g/mol. The highest BCUT2D eigenvalue weighted by atomic mass is 35.5. The van der Waals surface area contributed by atoms with E-state index in [-0.39, 0.29) is 0 Å². The van der Waals surface area contributed by atoms with Gasteiger partial charge in [0.1, 0.15) is 6.04 Å². The molecule has 1 aliphatic heterocycles. The first-order valence-electron chi connectivity index (χ1n) is 13.6. The van der Waals surface area contributed by atoms with Crippen LogP contribution in [0.4, 0.5) is 5.13 Å². The van der Waals surface area contributed by atoms with Crippen molar-refractivity contribution < 1.29 is 19.1 Å². The zero-order valence-electron chi connectivity index (χ0n) is 24.6. The number of amides is 1. The number of benzene rings is 2. The number of rotatable bonds is 8. The van der Waals surface area contributed by atoms with Gasteiger partial charge < -0.3 is 19.3 Å². The Balaban J connectivity index is 0.000000428. The lowest BCUT2D eigenvalue weighted by molar-refractivity contribution is -0.149. The SMILES string of the molecule is CC.COC(=O)C1CN(c2nc(-c3ccc(C)c(Cl)c3)c(CC(C)C)s2)CCN1C=O.COCc1ccccc1. The average Bonchev–Trinajstić information content (AvgIpc) is 3.39. The van der Waals surface area contributed by atoms with E-state index in [2.05, 4.69) is 18.7 Å². The third kappa shape index (κ3) is 9.32. The number of aromatic nitrogens is 1. The van der Waals surface area contributed by atoms with E-state index in [4.69, 9.17) is 26.1 Å². The first-order valence-corrected chi connectivity index (χ1v) is 14.8. The second kappa shape index (κ2) is 17.0. The normalized spacial score (nSPS) is 14.6. The van der Waals surface area contributed by atoms with Crippen molar-refractivity contribution >= 4 is 40.4 Å². The van der Waals surface area contributed by atoms with Gasteiger partial charge in [-0.25, -0.2) is 9.78 Å². The number of methoxy groups -OCH3 is 2. The lowest BCUT2D eigenvalue weighted by Gasteiger charge is -2.37. The molecule has 40 heavy (non-hydrogen) atoms. The number of aryl methyl sites for hydroxylation is 1. The van der Waals surface area contributed by atoms with E-state index in [1.54, 1.807) is 18.4 Å². The molecule has 3 aromatic rings. The largest absolute Gasteiger partial charge is 0.467 e. The molecule has 0 saturated carbocycles. The second-order valence-electron chi connectivity index (χ2n) is 9.58. The van der Waals surface area contributed by atoms with E-state index in [0.29, 0.717) is 38.6 Å². The highest BCUT2D eigenvalue weighted by Crippen LogP contribution is 2.37. The molecule has 1 saturated heterocycles. The Morgan fingerprint density at radius 2 is 1.85 bits per heavy atom. The summed E-state index contributed by atoms with van der Waals surface area (Å²) in [7, 11) is 3.04. The van der Waals surface area contributed by atoms with Crippen LogP contribution < -0.4 is 4.90 Å². The van der Waals surface area contributed by atoms with Gasteiger partial charge >= 0.3 is 5.97 Å². The van der Waals surface area contributed by atoms with Crippen molar-refractivity contribution in [1.29, 1.82) is 0 Å². The van der Waals surface area contributed by atoms with E-state index in [9.17, 15) is 9.59 Å². The van der Waals surface area contributed by atoms with Crippen LogP contribution in [0.15, 0.2) is 48.5 Å². The number of anilines is 1. The summed E-state index contributed by atoms with van der Waals surface area (Å²) in [5, 5.41) is 1.57. The van der Waals surface area contributed by atoms with Crippen LogP contribution in [0, 0.1) is 12.8 Å². The third-order valence-electron chi connectivity index (χ3n) is 6.18. The highest BCUT2D eigenvalue weighted by molar-refractivity contribution is 7.16. The third-order valence-corrected chi connectivity index (χ3v) is 7.73. The fourth-order valence-corrected chi connectivity index (χ4v) is 5.64. The fourth-order valence-electron chi connectivity index (χ4n) is 4.13. The van der Waals surface area contributed by atoms with Crippen molar-refractivity contribution in [1.82, 2.24) is 9.88 Å². The topological polar surface area (TPSA) is 72.0 Å². The first-order chi connectivity index (χ1) is 19.3. The van der Waals surface area contributed by atoms with Crippen LogP contribution in [0.3, 0.4) is 0 Å². The smallest absolute Gasteiger partial charge is 0.330 e. The van der Waals surface area contributed by atoms with E-state index < -0.39 is 12.0 Å². The van der Waals surface area contributed by atoms with Gasteiger partial charge in [0.15, 0.2) is 5.13 Å². The average molecular weight is 588 g/mol. The van der Waals surface area contributed by atoms with E-state index in [1.807, 2.05) is 69.3 Å². The van der Waals surface area contributed by atoms with Gasteiger partial charge in [0.2, 0.25) is 6.41 Å². The van der Waals surface area contributed by atoms with E-state index >= 15 is 0 Å². The maximum Gasteiger partial charge on any atom is 0.330 e. The molecule has 2 aromatic carbocycles. The summed E-state index contributed by atoms with van der Waals surface area (Å²) in [5.41, 5.74) is 4.19. The van der Waals surface area contributed by atoms with Crippen molar-refractivity contribution in [3.63, 3.8) is 0 Å². The highest BCUT2D eigenvalue weighted by Gasteiger charge is 2.34. The Bertz CT molecular complexity index is 1200. The van der Waals surface area contributed by atoms with Gasteiger partial charge in [-0.15, -0.1) is 11.3 Å². The number of hydrogen-bond donors (Lipinski definition) is 0. The van der Waals surface area contributed by atoms with E-state index in [1.165, 1.54) is 22.5 Å². The summed E-state index contributed by atoms with van der Waals surface area (Å²) >= 11 is 8.00. The fraction of sp³-hybridized carbons (Fsp3) is 0.452. The zero-order chi connectivity index (χ0) is 29.7. The summed E-state index contributed by atoms with van der Waals surface area (Å²) in [5.74, 6) is 0.0731. The number of esters is 1. The molecule has 1 aliphatic rings. The number of hydrogen-bond acceptors (Lipinski definition) is 7. The number of thiazole rings is 1. The number of piperazine rings is 1. The zero-order valence-corrected chi connectivity index (χ0v) is 26.2. The molecule has 1 atom stereocenters. The number of ether oxygens (including phenoxy) is 2. The lowest BCUT2D eigenvalue weighted by Crippen LogP contribution is -2.56. The van der Waals surface area contributed by atoms with Crippen molar-refractivity contribution in [3.8, 4) is 11.3 Å². The number of carbonyl (C=O) groups excluding carboxylic acids is 2. The van der Waals surface area contributed by atoms with Gasteiger partial charge in [0, 0.05) is 35.7 Å². The molecule has 218 valence electrons. The molecule has 0 aliphatic carbocycles. The molecule has 7 nitrogen and oxygen atoms in total. The van der Waals surface area contributed by atoms with Gasteiger partial charge in [-0.3, -0.25) is 4.79 Å². The summed E-state index contributed by atoms with van der Waals surface area (Å²) in [6.45, 7) is 12.5. The molecule has 0 spiro atoms. The second-order valence-corrected chi connectivity index (χ2v) is 11.0. The Morgan fingerprint density at radius 3 is 2.42 bits per heavy atom. The Morgan fingerprint density at radius 1 is 1.15 bits per heavy atom. The van der Waals surface area contributed by atoms with Gasteiger partial charge in [-0.2, -0.15) is 0 Å². The van der Waals surface area contributed by atoms with Crippen LogP contribution in [0.2, 0.25) is 5.02 Å². The quantitative estimate of drug-likeness (QED) is 0.217. The van der Waals surface area contributed by atoms with Gasteiger partial charge in [0.25, 0.3) is 0 Å². The number of nitrogens with zero attached hydrogens (tertiary/aromatic N) is 3. The molecule has 1 amide bonds. The molecule has 9 heteroatoms. The maximum atomic E-state index is 12.1. The van der Waals surface area contributed by atoms with Crippen LogP contribution in [-0.2, 0) is 32.1 Å². The molecule has 2 heterocycles. The number of halogens is 1. The minimum absolute atomic E-state index is 0.369. The summed E-state index contributed by atoms with van der Waals surface area (Å²) in [4.78, 5) is 33.2. The van der Waals surface area contributed by atoms with Crippen LogP contribution in [0.5, 0.6) is 0 Å². The monoisotopic (exact) mass is 587 g/mol. The van der Waals surface area contributed by atoms with Crippen molar-refractivity contribution in [2.75, 3.05) is 38.8 Å². The van der Waals surface area contributed by atoms with Gasteiger partial charge in [-0.05, 0) is 36.5 Å². The van der Waals surface area contributed by atoms with Crippen molar-refractivity contribution in [2.45, 2.75) is 53.7 Å².